The first-order chi connectivity index (χ1) is 15.0. The first kappa shape index (κ1) is 21.1. The number of hydrogen-bond donors (Lipinski definition) is 1. The molecule has 31 heavy (non-hydrogen) atoms. The van der Waals surface area contributed by atoms with Gasteiger partial charge in [-0.3, -0.25) is 4.79 Å². The summed E-state index contributed by atoms with van der Waals surface area (Å²) in [5, 5.41) is 10.1. The maximum absolute atomic E-state index is 10.9. The van der Waals surface area contributed by atoms with Crippen LogP contribution in [0, 0.1) is 6.92 Å². The molecule has 4 rings (SSSR count). The molecule has 6 heteroatoms. The lowest BCUT2D eigenvalue weighted by Gasteiger charge is -2.13. The number of aromatic nitrogens is 2. The third-order valence-corrected chi connectivity index (χ3v) is 6.57. The lowest BCUT2D eigenvalue weighted by atomic mass is 10.1. The van der Waals surface area contributed by atoms with E-state index in [1.807, 2.05) is 18.2 Å². The molecule has 0 atom stereocenters. The predicted octanol–water partition coefficient (Wildman–Crippen LogP) is 5.14. The average molecular weight is 433 g/mol. The van der Waals surface area contributed by atoms with Crippen molar-refractivity contribution in [2.24, 2.45) is 0 Å². The van der Waals surface area contributed by atoms with E-state index in [4.69, 9.17) is 10.1 Å². The molecule has 1 aromatic heterocycles. The number of benzene rings is 2. The molecule has 0 radical (unpaired) electrons. The molecule has 0 spiro atoms. The van der Waals surface area contributed by atoms with E-state index in [0.29, 0.717) is 6.42 Å². The highest BCUT2D eigenvalue weighted by Crippen LogP contribution is 2.45. The monoisotopic (exact) mass is 432 g/mol. The van der Waals surface area contributed by atoms with Crippen LogP contribution in [-0.2, 0) is 11.3 Å². The van der Waals surface area contributed by atoms with Gasteiger partial charge in [0.15, 0.2) is 5.69 Å². The molecule has 0 unspecified atom stereocenters. The molecule has 5 nitrogen and oxygen atoms in total. The number of carboxylic acid groups (broad SMARTS) is 1. The van der Waals surface area contributed by atoms with Crippen molar-refractivity contribution in [3.8, 4) is 11.3 Å². The van der Waals surface area contributed by atoms with Crippen LogP contribution in [0.5, 0.6) is 0 Å². The number of para-hydroxylation sites is 1. The number of unbranched alkanes of at least 4 members (excludes halogenated alkanes) is 1. The standard InChI is InChI=1S/C25H25N3O2S/c1-18-16-20(19-10-4-3-5-11-19)26-23(28(18)15-9-8-14-25(29)30)17-24-27(2)21-12-6-7-13-22(21)31-24/h3-7,10-13,16-17H,8-9,14-15H2,1-2H3/p+1. The number of carboxylic acids is 1. The Hall–Kier alpha value is -3.12. The molecular formula is C25H26N3O2S+. The number of nitrogens with zero attached hydrogens (tertiary/aromatic N) is 3. The highest BCUT2D eigenvalue weighted by atomic mass is 32.2. The Bertz CT molecular complexity index is 1130. The molecule has 0 amide bonds. The highest BCUT2D eigenvalue weighted by Gasteiger charge is 2.25. The minimum absolute atomic E-state index is 0.194. The van der Waals surface area contributed by atoms with Gasteiger partial charge in [-0.15, -0.1) is 0 Å². The number of aryl methyl sites for hydroxylation is 1. The summed E-state index contributed by atoms with van der Waals surface area (Å²) in [5.41, 5.74) is 4.33. The number of carbonyl (C=O) groups is 1. The SMILES string of the molecule is Cc1cc(-c2ccccc2)nc(C=C2Sc3ccccc3N2C)[n+]1CCCCC(=O)O. The van der Waals surface area contributed by atoms with Crippen molar-refractivity contribution in [1.29, 1.82) is 0 Å². The first-order valence-electron chi connectivity index (χ1n) is 10.4. The van der Waals surface area contributed by atoms with Gasteiger partial charge in [-0.2, -0.15) is 0 Å². The zero-order valence-electron chi connectivity index (χ0n) is 17.8. The quantitative estimate of drug-likeness (QED) is 0.414. The minimum atomic E-state index is -0.747. The highest BCUT2D eigenvalue weighted by molar-refractivity contribution is 8.03. The number of anilines is 1. The zero-order valence-corrected chi connectivity index (χ0v) is 18.6. The molecule has 0 fully saturated rings. The Morgan fingerprint density at radius 2 is 1.87 bits per heavy atom. The fourth-order valence-corrected chi connectivity index (χ4v) is 4.81. The van der Waals surface area contributed by atoms with E-state index >= 15 is 0 Å². The second-order valence-corrected chi connectivity index (χ2v) is 8.68. The Labute approximate surface area is 187 Å². The number of fused-ring (bicyclic) bond motifs is 1. The van der Waals surface area contributed by atoms with E-state index in [1.54, 1.807) is 11.8 Å². The van der Waals surface area contributed by atoms with Crippen molar-refractivity contribution in [1.82, 2.24) is 4.98 Å². The summed E-state index contributed by atoms with van der Waals surface area (Å²) in [4.78, 5) is 19.3. The molecule has 2 heterocycles. The molecular weight excluding hydrogens is 406 g/mol. The third-order valence-electron chi connectivity index (χ3n) is 5.40. The second-order valence-electron chi connectivity index (χ2n) is 7.62. The Morgan fingerprint density at radius 3 is 2.61 bits per heavy atom. The van der Waals surface area contributed by atoms with Gasteiger partial charge in [-0.25, -0.2) is 4.57 Å². The molecule has 0 bridgehead atoms. The van der Waals surface area contributed by atoms with Crippen LogP contribution in [0.15, 0.2) is 70.6 Å². The van der Waals surface area contributed by atoms with Crippen LogP contribution >= 0.6 is 11.8 Å². The van der Waals surface area contributed by atoms with Crippen LogP contribution in [0.4, 0.5) is 5.69 Å². The smallest absolute Gasteiger partial charge is 0.326 e. The van der Waals surface area contributed by atoms with Gasteiger partial charge in [-0.05, 0) is 36.9 Å². The number of hydrogen-bond acceptors (Lipinski definition) is 4. The summed E-state index contributed by atoms with van der Waals surface area (Å²) in [6.45, 7) is 2.83. The Morgan fingerprint density at radius 1 is 1.13 bits per heavy atom. The molecule has 158 valence electrons. The molecule has 3 aromatic rings. The molecule has 0 saturated heterocycles. The van der Waals surface area contributed by atoms with E-state index < -0.39 is 5.97 Å². The van der Waals surface area contributed by atoms with Gasteiger partial charge >= 0.3 is 11.8 Å². The number of aliphatic carboxylic acids is 1. The van der Waals surface area contributed by atoms with Crippen molar-refractivity contribution in [3.05, 3.63) is 77.2 Å². The van der Waals surface area contributed by atoms with Crippen LogP contribution in [0.3, 0.4) is 0 Å². The fourth-order valence-electron chi connectivity index (χ4n) is 3.73. The van der Waals surface area contributed by atoms with Crippen molar-refractivity contribution in [2.75, 3.05) is 11.9 Å². The Kier molecular flexibility index (Phi) is 6.37. The Balaban J connectivity index is 1.71. The summed E-state index contributed by atoms with van der Waals surface area (Å²) < 4.78 is 2.19. The molecule has 1 aliphatic rings. The number of thioether (sulfide) groups is 1. The molecule has 2 aromatic carbocycles. The summed E-state index contributed by atoms with van der Waals surface area (Å²) in [5.74, 6) is 0.139. The third kappa shape index (κ3) is 4.80. The van der Waals surface area contributed by atoms with Crippen LogP contribution in [0.1, 0.15) is 30.8 Å². The first-order valence-corrected chi connectivity index (χ1v) is 11.3. The lowest BCUT2D eigenvalue weighted by molar-refractivity contribution is -0.707. The second kappa shape index (κ2) is 9.35. The van der Waals surface area contributed by atoms with E-state index in [-0.39, 0.29) is 6.42 Å². The van der Waals surface area contributed by atoms with Gasteiger partial charge < -0.3 is 10.0 Å². The molecule has 0 saturated carbocycles. The van der Waals surface area contributed by atoms with Crippen molar-refractivity contribution < 1.29 is 14.5 Å². The largest absolute Gasteiger partial charge is 0.481 e. The molecule has 0 aliphatic carbocycles. The normalized spacial score (nSPS) is 14.1. The van der Waals surface area contributed by atoms with Gasteiger partial charge in [0.1, 0.15) is 5.69 Å². The summed E-state index contributed by atoms with van der Waals surface area (Å²) in [6, 6.07) is 20.7. The predicted molar refractivity (Wildman–Crippen MR) is 125 cm³/mol. The van der Waals surface area contributed by atoms with Gasteiger partial charge in [0, 0.05) is 30.0 Å². The van der Waals surface area contributed by atoms with Crippen molar-refractivity contribution >= 4 is 29.5 Å². The van der Waals surface area contributed by atoms with E-state index in [9.17, 15) is 4.79 Å². The summed E-state index contributed by atoms with van der Waals surface area (Å²) >= 11 is 1.74. The van der Waals surface area contributed by atoms with E-state index in [1.165, 1.54) is 10.6 Å². The average Bonchev–Trinajstić information content (AvgIpc) is 3.08. The van der Waals surface area contributed by atoms with Gasteiger partial charge in [-0.1, -0.05) is 54.2 Å². The lowest BCUT2D eigenvalue weighted by Crippen LogP contribution is -2.41. The van der Waals surface area contributed by atoms with Gasteiger partial charge in [0.2, 0.25) is 0 Å². The minimum Gasteiger partial charge on any atom is -0.481 e. The maximum Gasteiger partial charge on any atom is 0.326 e. The summed E-state index contributed by atoms with van der Waals surface area (Å²) in [7, 11) is 2.08. The van der Waals surface area contributed by atoms with Gasteiger partial charge in [0.25, 0.3) is 0 Å². The van der Waals surface area contributed by atoms with E-state index in [2.05, 4.69) is 72.0 Å². The topological polar surface area (TPSA) is 57.3 Å². The van der Waals surface area contributed by atoms with Crippen molar-refractivity contribution in [2.45, 2.75) is 37.6 Å². The van der Waals surface area contributed by atoms with Crippen molar-refractivity contribution in [3.63, 3.8) is 0 Å². The van der Waals surface area contributed by atoms with Crippen LogP contribution in [0.2, 0.25) is 0 Å². The molecule has 1 aliphatic heterocycles. The fraction of sp³-hybridized carbons (Fsp3) is 0.240. The van der Waals surface area contributed by atoms with Crippen LogP contribution in [-0.4, -0.2) is 23.1 Å². The van der Waals surface area contributed by atoms with Crippen LogP contribution in [0.25, 0.3) is 17.3 Å². The summed E-state index contributed by atoms with van der Waals surface area (Å²) in [6.07, 6.45) is 3.78. The van der Waals surface area contributed by atoms with E-state index in [0.717, 1.165) is 40.8 Å². The molecule has 1 N–H and O–H groups in total. The zero-order chi connectivity index (χ0) is 21.8. The van der Waals surface area contributed by atoms with Crippen LogP contribution < -0.4 is 9.47 Å². The number of rotatable bonds is 7. The van der Waals surface area contributed by atoms with Gasteiger partial charge in [0.05, 0.1) is 23.3 Å². The maximum atomic E-state index is 10.9.